The summed E-state index contributed by atoms with van der Waals surface area (Å²) in [6.45, 7) is 4.38. The van der Waals surface area contributed by atoms with Gasteiger partial charge in [-0.1, -0.05) is 4.47 Å². The van der Waals surface area contributed by atoms with Crippen LogP contribution in [0.15, 0.2) is 29.2 Å². The molecule has 0 heterocycles. The van der Waals surface area contributed by atoms with Gasteiger partial charge in [0.25, 0.3) is 15.9 Å². The molecule has 0 saturated heterocycles. The Labute approximate surface area is 142 Å². The Balaban J connectivity index is 2.76. The number of carbonyl (C=O) groups is 2. The zero-order chi connectivity index (χ0) is 18.3. The molecule has 0 N–H and O–H groups in total. The minimum atomic E-state index is -3.78. The fraction of sp³-hybridized carbons (Fsp3) is 0.467. The molecule has 0 unspecified atom stereocenters. The van der Waals surface area contributed by atoms with E-state index in [9.17, 15) is 18.0 Å². The van der Waals surface area contributed by atoms with E-state index in [1.165, 1.54) is 38.4 Å². The van der Waals surface area contributed by atoms with Crippen molar-refractivity contribution in [1.29, 1.82) is 0 Å². The normalized spacial score (nSPS) is 11.4. The molecule has 1 aromatic rings. The standard InChI is InChI=1S/C15H22N2O6S/c1-5-17(6-2)14(18)11-23-15(19)12-7-9-13(10-8-12)24(20,21)16(3)22-4/h7-10H,5-6,11H2,1-4H3. The first-order chi connectivity index (χ1) is 11.3. The molecule has 0 spiro atoms. The van der Waals surface area contributed by atoms with Crippen LogP contribution < -0.4 is 0 Å². The van der Waals surface area contributed by atoms with Gasteiger partial charge in [0, 0.05) is 20.1 Å². The van der Waals surface area contributed by atoms with Crippen LogP contribution in [0, 0.1) is 0 Å². The van der Waals surface area contributed by atoms with Crippen LogP contribution in [0.25, 0.3) is 0 Å². The second kappa shape index (κ2) is 8.76. The summed E-state index contributed by atoms with van der Waals surface area (Å²) in [5.41, 5.74) is 0.154. The third-order valence-electron chi connectivity index (χ3n) is 3.43. The number of rotatable bonds is 8. The second-order valence-corrected chi connectivity index (χ2v) is 6.70. The van der Waals surface area contributed by atoms with Crippen molar-refractivity contribution in [2.45, 2.75) is 18.7 Å². The van der Waals surface area contributed by atoms with E-state index in [0.29, 0.717) is 17.6 Å². The minimum absolute atomic E-state index is 0.0254. The molecule has 0 atom stereocenters. The molecule has 9 heteroatoms. The number of hydrogen-bond donors (Lipinski definition) is 0. The van der Waals surface area contributed by atoms with Crippen molar-refractivity contribution < 1.29 is 27.6 Å². The maximum absolute atomic E-state index is 12.0. The second-order valence-electron chi connectivity index (χ2n) is 4.76. The zero-order valence-electron chi connectivity index (χ0n) is 14.2. The number of carbonyl (C=O) groups excluding carboxylic acids is 2. The summed E-state index contributed by atoms with van der Waals surface area (Å²) < 4.78 is 29.7. The molecule has 8 nitrogen and oxygen atoms in total. The van der Waals surface area contributed by atoms with Crippen molar-refractivity contribution in [2.75, 3.05) is 33.9 Å². The predicted octanol–water partition coefficient (Wildman–Crippen LogP) is 0.894. The first kappa shape index (κ1) is 20.1. The highest BCUT2D eigenvalue weighted by Gasteiger charge is 2.21. The topological polar surface area (TPSA) is 93.2 Å². The van der Waals surface area contributed by atoms with Gasteiger partial charge in [0.15, 0.2) is 6.61 Å². The van der Waals surface area contributed by atoms with E-state index < -0.39 is 16.0 Å². The highest BCUT2D eigenvalue weighted by molar-refractivity contribution is 7.89. The molecule has 24 heavy (non-hydrogen) atoms. The van der Waals surface area contributed by atoms with Gasteiger partial charge >= 0.3 is 5.97 Å². The number of likely N-dealkylation sites (N-methyl/N-ethyl adjacent to an activating group) is 1. The molecule has 1 rings (SSSR count). The van der Waals surface area contributed by atoms with Gasteiger partial charge in [0.1, 0.15) is 0 Å². The lowest BCUT2D eigenvalue weighted by atomic mass is 10.2. The molecule has 0 saturated carbocycles. The van der Waals surface area contributed by atoms with Gasteiger partial charge in [-0.3, -0.25) is 9.63 Å². The number of hydrogen-bond acceptors (Lipinski definition) is 6. The Hall–Kier alpha value is -1.97. The molecule has 0 bridgehead atoms. The van der Waals surface area contributed by atoms with E-state index in [1.54, 1.807) is 4.90 Å². The molecule has 0 aromatic heterocycles. The van der Waals surface area contributed by atoms with Gasteiger partial charge in [-0.2, -0.15) is 0 Å². The number of sulfonamides is 1. The third-order valence-corrected chi connectivity index (χ3v) is 5.12. The molecular weight excluding hydrogens is 336 g/mol. The highest BCUT2D eigenvalue weighted by Crippen LogP contribution is 2.15. The van der Waals surface area contributed by atoms with Gasteiger partial charge in [0.05, 0.1) is 17.6 Å². The van der Waals surface area contributed by atoms with E-state index in [4.69, 9.17) is 4.74 Å². The first-order valence-corrected chi connectivity index (χ1v) is 8.79. The summed E-state index contributed by atoms with van der Waals surface area (Å²) in [6, 6.07) is 5.18. The van der Waals surface area contributed by atoms with Crippen LogP contribution in [-0.2, 0) is 24.4 Å². The number of amides is 1. The van der Waals surface area contributed by atoms with E-state index in [2.05, 4.69) is 4.84 Å². The number of ether oxygens (including phenoxy) is 1. The van der Waals surface area contributed by atoms with Crippen molar-refractivity contribution in [2.24, 2.45) is 0 Å². The SMILES string of the molecule is CCN(CC)C(=O)COC(=O)c1ccc(S(=O)(=O)N(C)OC)cc1. The van der Waals surface area contributed by atoms with Crippen LogP contribution in [0.5, 0.6) is 0 Å². The summed E-state index contributed by atoms with van der Waals surface area (Å²) in [5.74, 6) is -0.978. The van der Waals surface area contributed by atoms with Crippen LogP contribution in [0.1, 0.15) is 24.2 Å². The Morgan fingerprint density at radius 3 is 2.08 bits per heavy atom. The zero-order valence-corrected chi connectivity index (χ0v) is 15.0. The fourth-order valence-corrected chi connectivity index (χ4v) is 2.86. The highest BCUT2D eigenvalue weighted by atomic mass is 32.2. The third kappa shape index (κ3) is 4.76. The largest absolute Gasteiger partial charge is 0.452 e. The quantitative estimate of drug-likeness (QED) is 0.506. The summed E-state index contributed by atoms with van der Waals surface area (Å²) in [7, 11) is -1.28. The molecule has 1 aromatic carbocycles. The van der Waals surface area contributed by atoms with Gasteiger partial charge < -0.3 is 9.64 Å². The van der Waals surface area contributed by atoms with Crippen LogP contribution >= 0.6 is 0 Å². The summed E-state index contributed by atoms with van der Waals surface area (Å²) in [5, 5.41) is 0. The molecular formula is C15H22N2O6S. The number of esters is 1. The molecule has 0 radical (unpaired) electrons. The van der Waals surface area contributed by atoms with Crippen LogP contribution in [0.4, 0.5) is 0 Å². The molecule has 0 aliphatic carbocycles. The summed E-state index contributed by atoms with van der Waals surface area (Å²) >= 11 is 0. The average molecular weight is 358 g/mol. The van der Waals surface area contributed by atoms with E-state index in [1.807, 2.05) is 13.8 Å². The lowest BCUT2D eigenvalue weighted by molar-refractivity contribution is -0.134. The maximum Gasteiger partial charge on any atom is 0.338 e. The number of benzene rings is 1. The lowest BCUT2D eigenvalue weighted by Crippen LogP contribution is -2.34. The van der Waals surface area contributed by atoms with Crippen LogP contribution in [0.3, 0.4) is 0 Å². The average Bonchev–Trinajstić information content (AvgIpc) is 2.59. The molecule has 1 amide bonds. The molecule has 0 aliphatic rings. The van der Waals surface area contributed by atoms with Crippen molar-refractivity contribution in [3.63, 3.8) is 0 Å². The Morgan fingerprint density at radius 1 is 1.08 bits per heavy atom. The first-order valence-electron chi connectivity index (χ1n) is 7.35. The van der Waals surface area contributed by atoms with Gasteiger partial charge in [0.2, 0.25) is 0 Å². The smallest absolute Gasteiger partial charge is 0.338 e. The van der Waals surface area contributed by atoms with E-state index >= 15 is 0 Å². The van der Waals surface area contributed by atoms with Gasteiger partial charge in [-0.05, 0) is 38.1 Å². The molecule has 0 fully saturated rings. The Kier molecular flexibility index (Phi) is 7.33. The van der Waals surface area contributed by atoms with Crippen LogP contribution in [0.2, 0.25) is 0 Å². The monoisotopic (exact) mass is 358 g/mol. The van der Waals surface area contributed by atoms with Crippen molar-refractivity contribution in [3.8, 4) is 0 Å². The van der Waals surface area contributed by atoms with Crippen molar-refractivity contribution >= 4 is 21.9 Å². The molecule has 134 valence electrons. The number of hydroxylamine groups is 1. The van der Waals surface area contributed by atoms with E-state index in [-0.39, 0.29) is 23.0 Å². The Morgan fingerprint density at radius 2 is 1.62 bits per heavy atom. The lowest BCUT2D eigenvalue weighted by Gasteiger charge is -2.18. The fourth-order valence-electron chi connectivity index (χ4n) is 1.89. The van der Waals surface area contributed by atoms with Gasteiger partial charge in [-0.25, -0.2) is 13.2 Å². The minimum Gasteiger partial charge on any atom is -0.452 e. The van der Waals surface area contributed by atoms with Gasteiger partial charge in [-0.15, -0.1) is 0 Å². The summed E-state index contributed by atoms with van der Waals surface area (Å²) in [6.07, 6.45) is 0. The predicted molar refractivity (Wildman–Crippen MR) is 86.6 cm³/mol. The number of nitrogens with zero attached hydrogens (tertiary/aromatic N) is 2. The van der Waals surface area contributed by atoms with E-state index in [0.717, 1.165) is 0 Å². The van der Waals surface area contributed by atoms with Crippen molar-refractivity contribution in [3.05, 3.63) is 29.8 Å². The maximum atomic E-state index is 12.0. The Bertz CT molecular complexity index is 668. The van der Waals surface area contributed by atoms with Crippen molar-refractivity contribution in [1.82, 2.24) is 9.37 Å². The summed E-state index contributed by atoms with van der Waals surface area (Å²) in [4.78, 5) is 29.9. The van der Waals surface area contributed by atoms with Crippen LogP contribution in [-0.4, -0.2) is 63.5 Å². The molecule has 0 aliphatic heterocycles.